The zero-order valence-electron chi connectivity index (χ0n) is 16.1. The van der Waals surface area contributed by atoms with Crippen molar-refractivity contribution in [3.63, 3.8) is 0 Å². The van der Waals surface area contributed by atoms with E-state index in [1.54, 1.807) is 26.0 Å². The van der Waals surface area contributed by atoms with Gasteiger partial charge in [-0.25, -0.2) is 0 Å². The van der Waals surface area contributed by atoms with Gasteiger partial charge in [0, 0.05) is 5.69 Å². The molecule has 0 heterocycles. The van der Waals surface area contributed by atoms with Crippen molar-refractivity contribution < 1.29 is 24.5 Å². The number of nitrogen functional groups attached to an aromatic ring is 1. The van der Waals surface area contributed by atoms with Crippen LogP contribution >= 0.6 is 0 Å². The molecule has 0 saturated heterocycles. The molecule has 26 heavy (non-hydrogen) atoms. The number of allylic oxidation sites excluding steroid dienone is 1. The maximum atomic E-state index is 12.3. The van der Waals surface area contributed by atoms with Crippen LogP contribution in [0.3, 0.4) is 0 Å². The lowest BCUT2D eigenvalue weighted by Gasteiger charge is -2.37. The summed E-state index contributed by atoms with van der Waals surface area (Å²) in [7, 11) is 0. The highest BCUT2D eigenvalue weighted by atomic mass is 16.5. The van der Waals surface area contributed by atoms with Gasteiger partial charge in [-0.15, -0.1) is 0 Å². The number of aliphatic hydroxyl groups is 2. The average Bonchev–Trinajstić information content (AvgIpc) is 2.60. The summed E-state index contributed by atoms with van der Waals surface area (Å²) in [6.45, 7) is 7.37. The van der Waals surface area contributed by atoms with Crippen LogP contribution in [-0.2, 0) is 9.53 Å². The van der Waals surface area contributed by atoms with Crippen LogP contribution in [0.5, 0.6) is 5.75 Å². The van der Waals surface area contributed by atoms with Crippen molar-refractivity contribution in [1.29, 1.82) is 0 Å². The lowest BCUT2D eigenvalue weighted by molar-refractivity contribution is -0.162. The molecule has 0 aromatic heterocycles. The Morgan fingerprint density at radius 2 is 1.85 bits per heavy atom. The zero-order chi connectivity index (χ0) is 19.8. The number of rotatable bonds is 10. The van der Waals surface area contributed by atoms with Crippen LogP contribution in [0.2, 0.25) is 0 Å². The number of ether oxygens (including phenoxy) is 2. The average molecular weight is 365 g/mol. The quantitative estimate of drug-likeness (QED) is 0.255. The highest BCUT2D eigenvalue weighted by Gasteiger charge is 2.42. The molecule has 1 rings (SSSR count). The molecule has 1 unspecified atom stereocenters. The van der Waals surface area contributed by atoms with Crippen LogP contribution in [0.15, 0.2) is 36.4 Å². The number of anilines is 1. The first-order valence-corrected chi connectivity index (χ1v) is 8.72. The normalized spacial score (nSPS) is 13.6. The fourth-order valence-corrected chi connectivity index (χ4v) is 2.06. The summed E-state index contributed by atoms with van der Waals surface area (Å²) in [6.07, 6.45) is 3.60. The van der Waals surface area contributed by atoms with E-state index in [1.807, 2.05) is 38.1 Å². The van der Waals surface area contributed by atoms with E-state index < -0.39 is 29.5 Å². The minimum absolute atomic E-state index is 0.214. The summed E-state index contributed by atoms with van der Waals surface area (Å²) in [5.41, 5.74) is 5.07. The standard InChI is InChI=1S/C20H31NO5/c1-19(2,20(3,4)18(24)26-14-16(23)13-22)11-5-6-12-25-17-9-7-15(21)8-10-17/h5,7-11,16,22-23H,6,12-14,21H2,1-4H3/b11-5-. The lowest BCUT2D eigenvalue weighted by Crippen LogP contribution is -2.41. The van der Waals surface area contributed by atoms with Crippen molar-refractivity contribution in [3.05, 3.63) is 36.4 Å². The Bertz CT molecular complexity index is 593. The molecule has 4 N–H and O–H groups in total. The van der Waals surface area contributed by atoms with E-state index in [2.05, 4.69) is 0 Å². The Balaban J connectivity index is 2.52. The van der Waals surface area contributed by atoms with Crippen molar-refractivity contribution in [2.45, 2.75) is 40.2 Å². The Morgan fingerprint density at radius 3 is 2.42 bits per heavy atom. The first-order chi connectivity index (χ1) is 12.1. The molecule has 0 radical (unpaired) electrons. The van der Waals surface area contributed by atoms with Crippen LogP contribution < -0.4 is 10.5 Å². The Kier molecular flexibility index (Phi) is 8.11. The molecule has 0 saturated carbocycles. The number of benzene rings is 1. The van der Waals surface area contributed by atoms with Crippen molar-refractivity contribution in [2.24, 2.45) is 10.8 Å². The van der Waals surface area contributed by atoms with Crippen molar-refractivity contribution >= 4 is 11.7 Å². The number of hydrogen-bond donors (Lipinski definition) is 3. The van der Waals surface area contributed by atoms with Crippen LogP contribution in [0.25, 0.3) is 0 Å². The van der Waals surface area contributed by atoms with Crippen molar-refractivity contribution in [1.82, 2.24) is 0 Å². The van der Waals surface area contributed by atoms with Gasteiger partial charge in [0.25, 0.3) is 0 Å². The number of carbonyl (C=O) groups is 1. The van der Waals surface area contributed by atoms with Gasteiger partial charge in [0.2, 0.25) is 0 Å². The van der Waals surface area contributed by atoms with Gasteiger partial charge in [0.15, 0.2) is 0 Å². The number of esters is 1. The van der Waals surface area contributed by atoms with Crippen LogP contribution in [0.4, 0.5) is 5.69 Å². The molecule has 0 aliphatic carbocycles. The number of aliphatic hydroxyl groups excluding tert-OH is 2. The van der Waals surface area contributed by atoms with E-state index >= 15 is 0 Å². The summed E-state index contributed by atoms with van der Waals surface area (Å²) < 4.78 is 10.8. The second-order valence-corrected chi connectivity index (χ2v) is 7.39. The molecule has 0 aliphatic heterocycles. The molecule has 0 fully saturated rings. The molecular formula is C20H31NO5. The van der Waals surface area contributed by atoms with Gasteiger partial charge in [0.1, 0.15) is 18.5 Å². The predicted molar refractivity (Wildman–Crippen MR) is 102 cm³/mol. The second-order valence-electron chi connectivity index (χ2n) is 7.39. The van der Waals surface area contributed by atoms with E-state index in [4.69, 9.17) is 20.3 Å². The molecule has 146 valence electrons. The zero-order valence-corrected chi connectivity index (χ0v) is 16.1. The third-order valence-corrected chi connectivity index (χ3v) is 4.71. The van der Waals surface area contributed by atoms with E-state index in [9.17, 15) is 9.90 Å². The largest absolute Gasteiger partial charge is 0.493 e. The monoisotopic (exact) mass is 365 g/mol. The molecule has 6 heteroatoms. The summed E-state index contributed by atoms with van der Waals surface area (Å²) in [4.78, 5) is 12.3. The SMILES string of the molecule is CC(C)(/C=C\CCOc1ccc(N)cc1)C(C)(C)C(=O)OCC(O)CO. The van der Waals surface area contributed by atoms with E-state index in [-0.39, 0.29) is 6.61 Å². The molecular weight excluding hydrogens is 334 g/mol. The fraction of sp³-hybridized carbons (Fsp3) is 0.550. The van der Waals surface area contributed by atoms with Gasteiger partial charge < -0.3 is 25.4 Å². The maximum Gasteiger partial charge on any atom is 0.312 e. The maximum absolute atomic E-state index is 12.3. The molecule has 0 aliphatic rings. The Morgan fingerprint density at radius 1 is 1.23 bits per heavy atom. The van der Waals surface area contributed by atoms with E-state index in [1.165, 1.54) is 0 Å². The molecule has 1 aromatic carbocycles. The van der Waals surface area contributed by atoms with Gasteiger partial charge in [-0.1, -0.05) is 26.0 Å². The summed E-state index contributed by atoms with van der Waals surface area (Å²) >= 11 is 0. The molecule has 0 spiro atoms. The van der Waals surface area contributed by atoms with Gasteiger partial charge >= 0.3 is 5.97 Å². The van der Waals surface area contributed by atoms with Crippen molar-refractivity contribution in [2.75, 3.05) is 25.6 Å². The molecule has 0 amide bonds. The van der Waals surface area contributed by atoms with Crippen LogP contribution in [0.1, 0.15) is 34.1 Å². The summed E-state index contributed by atoms with van der Waals surface area (Å²) in [6, 6.07) is 7.22. The highest BCUT2D eigenvalue weighted by Crippen LogP contribution is 2.40. The van der Waals surface area contributed by atoms with Gasteiger partial charge in [0.05, 0.1) is 18.6 Å². The highest BCUT2D eigenvalue weighted by molar-refractivity contribution is 5.77. The minimum Gasteiger partial charge on any atom is -0.493 e. The molecule has 6 nitrogen and oxygen atoms in total. The van der Waals surface area contributed by atoms with Gasteiger partial charge in [-0.05, 0) is 49.9 Å². The van der Waals surface area contributed by atoms with Crippen molar-refractivity contribution in [3.8, 4) is 5.75 Å². The predicted octanol–water partition coefficient (Wildman–Crippen LogP) is 2.54. The second kappa shape index (κ2) is 9.59. The third kappa shape index (κ3) is 6.35. The topological polar surface area (TPSA) is 102 Å². The number of nitrogens with two attached hydrogens (primary N) is 1. The van der Waals surface area contributed by atoms with Crippen LogP contribution in [-0.4, -0.2) is 42.1 Å². The van der Waals surface area contributed by atoms with Gasteiger partial charge in [-0.3, -0.25) is 4.79 Å². The third-order valence-electron chi connectivity index (χ3n) is 4.71. The first kappa shape index (κ1) is 22.0. The van der Waals surface area contributed by atoms with E-state index in [0.29, 0.717) is 18.7 Å². The minimum atomic E-state index is -1.06. The smallest absolute Gasteiger partial charge is 0.312 e. The summed E-state index contributed by atoms with van der Waals surface area (Å²) in [5, 5.41) is 18.1. The number of hydrogen-bond acceptors (Lipinski definition) is 6. The number of carbonyl (C=O) groups excluding carboxylic acids is 1. The lowest BCUT2D eigenvalue weighted by atomic mass is 9.67. The molecule has 0 bridgehead atoms. The summed E-state index contributed by atoms with van der Waals surface area (Å²) in [5.74, 6) is 0.344. The van der Waals surface area contributed by atoms with E-state index in [0.717, 1.165) is 5.75 Å². The first-order valence-electron chi connectivity index (χ1n) is 8.72. The van der Waals surface area contributed by atoms with Gasteiger partial charge in [-0.2, -0.15) is 0 Å². The fourth-order valence-electron chi connectivity index (χ4n) is 2.06. The molecule has 1 atom stereocenters. The van der Waals surface area contributed by atoms with Crippen LogP contribution in [0, 0.1) is 10.8 Å². The molecule has 1 aromatic rings. The Hall–Kier alpha value is -2.05. The Labute approximate surface area is 155 Å².